The number of unbranched alkanes of at least 4 members (excludes halogenated alkanes) is 4. The summed E-state index contributed by atoms with van der Waals surface area (Å²) in [6.45, 7) is 2.22. The molecule has 0 rings (SSSR count). The Bertz CT molecular complexity index is 136. The van der Waals surface area contributed by atoms with Crippen LogP contribution >= 0.6 is 11.6 Å². The van der Waals surface area contributed by atoms with E-state index < -0.39 is 0 Å². The molecule has 0 saturated carbocycles. The van der Waals surface area contributed by atoms with Gasteiger partial charge in [-0.1, -0.05) is 44.1 Å². The highest BCUT2D eigenvalue weighted by atomic mass is 35.5. The fraction of sp³-hybridized carbons (Fsp3) is 0.667. The van der Waals surface area contributed by atoms with E-state index in [1.165, 1.54) is 25.7 Å². The lowest BCUT2D eigenvalue weighted by Gasteiger charge is -1.89. The van der Waals surface area contributed by atoms with Crippen molar-refractivity contribution in [2.24, 2.45) is 0 Å². The van der Waals surface area contributed by atoms with Crippen molar-refractivity contribution in [1.29, 1.82) is 0 Å². The molecule has 0 spiro atoms. The minimum atomic E-state index is 0.792. The first-order valence-corrected chi connectivity index (χ1v) is 5.83. The summed E-state index contributed by atoms with van der Waals surface area (Å²) in [6, 6.07) is 0. The van der Waals surface area contributed by atoms with Gasteiger partial charge in [0.15, 0.2) is 0 Å². The molecule has 76 valence electrons. The van der Waals surface area contributed by atoms with Crippen LogP contribution in [0, 0.1) is 0 Å². The summed E-state index contributed by atoms with van der Waals surface area (Å²) in [5.74, 6) is 0.792. The summed E-state index contributed by atoms with van der Waals surface area (Å²) in [4.78, 5) is 0. The first kappa shape index (κ1) is 12.8. The molecule has 0 atom stereocenters. The van der Waals surface area contributed by atoms with Gasteiger partial charge in [-0.25, -0.2) is 0 Å². The van der Waals surface area contributed by atoms with Gasteiger partial charge in [0.25, 0.3) is 0 Å². The van der Waals surface area contributed by atoms with E-state index in [4.69, 9.17) is 11.6 Å². The van der Waals surface area contributed by atoms with Crippen molar-refractivity contribution < 1.29 is 0 Å². The average molecular weight is 201 g/mol. The number of hydrogen-bond donors (Lipinski definition) is 0. The molecule has 0 fully saturated rings. The molecule has 0 heterocycles. The molecule has 0 N–H and O–H groups in total. The normalized spacial score (nSPS) is 11.8. The van der Waals surface area contributed by atoms with Crippen molar-refractivity contribution in [1.82, 2.24) is 0 Å². The molecular weight excluding hydrogens is 180 g/mol. The van der Waals surface area contributed by atoms with Crippen LogP contribution < -0.4 is 0 Å². The Balaban J connectivity index is 3.15. The van der Waals surface area contributed by atoms with Crippen LogP contribution in [0.15, 0.2) is 24.3 Å². The van der Waals surface area contributed by atoms with Crippen molar-refractivity contribution in [2.45, 2.75) is 45.4 Å². The SMILES string of the molecule is CCCC/C=C\C=C\CCCCCl. The maximum atomic E-state index is 5.56. The van der Waals surface area contributed by atoms with Crippen LogP contribution in [0.4, 0.5) is 0 Å². The molecule has 0 nitrogen and oxygen atoms in total. The van der Waals surface area contributed by atoms with E-state index in [1.54, 1.807) is 0 Å². The Morgan fingerprint density at radius 2 is 1.54 bits per heavy atom. The minimum Gasteiger partial charge on any atom is -0.127 e. The zero-order valence-corrected chi connectivity index (χ0v) is 9.39. The second-order valence-corrected chi connectivity index (χ2v) is 3.56. The van der Waals surface area contributed by atoms with E-state index in [0.717, 1.165) is 18.7 Å². The van der Waals surface area contributed by atoms with Gasteiger partial charge in [-0.15, -0.1) is 11.6 Å². The average Bonchev–Trinajstić information content (AvgIpc) is 2.16. The number of rotatable bonds is 8. The molecule has 0 radical (unpaired) electrons. The molecule has 13 heavy (non-hydrogen) atoms. The van der Waals surface area contributed by atoms with Gasteiger partial charge >= 0.3 is 0 Å². The van der Waals surface area contributed by atoms with Gasteiger partial charge in [-0.2, -0.15) is 0 Å². The Labute approximate surface area is 87.7 Å². The molecule has 0 bridgehead atoms. The van der Waals surface area contributed by atoms with Gasteiger partial charge in [-0.3, -0.25) is 0 Å². The summed E-state index contributed by atoms with van der Waals surface area (Å²) in [5, 5.41) is 0. The highest BCUT2D eigenvalue weighted by molar-refractivity contribution is 6.17. The smallest absolute Gasteiger partial charge is 0.0223 e. The molecule has 0 unspecified atom stereocenters. The highest BCUT2D eigenvalue weighted by Crippen LogP contribution is 1.99. The van der Waals surface area contributed by atoms with E-state index in [1.807, 2.05) is 0 Å². The van der Waals surface area contributed by atoms with Crippen LogP contribution in [0.25, 0.3) is 0 Å². The highest BCUT2D eigenvalue weighted by Gasteiger charge is 1.81. The monoisotopic (exact) mass is 200 g/mol. The van der Waals surface area contributed by atoms with E-state index in [-0.39, 0.29) is 0 Å². The molecule has 0 aliphatic carbocycles. The second-order valence-electron chi connectivity index (χ2n) is 3.18. The third-order valence-corrected chi connectivity index (χ3v) is 2.13. The van der Waals surface area contributed by atoms with Crippen LogP contribution in [0.5, 0.6) is 0 Å². The topological polar surface area (TPSA) is 0 Å². The van der Waals surface area contributed by atoms with Gasteiger partial charge < -0.3 is 0 Å². The number of hydrogen-bond acceptors (Lipinski definition) is 0. The van der Waals surface area contributed by atoms with Gasteiger partial charge in [0, 0.05) is 5.88 Å². The summed E-state index contributed by atoms with van der Waals surface area (Å²) in [6.07, 6.45) is 16.0. The fourth-order valence-corrected chi connectivity index (χ4v) is 1.22. The van der Waals surface area contributed by atoms with Crippen LogP contribution in [0.1, 0.15) is 45.4 Å². The molecule has 0 aromatic rings. The van der Waals surface area contributed by atoms with E-state index >= 15 is 0 Å². The Kier molecular flexibility index (Phi) is 11.6. The fourth-order valence-electron chi connectivity index (χ4n) is 1.03. The molecule has 0 aromatic carbocycles. The lowest BCUT2D eigenvalue weighted by Crippen LogP contribution is -1.73. The predicted molar refractivity (Wildman–Crippen MR) is 62.4 cm³/mol. The lowest BCUT2D eigenvalue weighted by molar-refractivity contribution is 0.813. The van der Waals surface area contributed by atoms with Crippen molar-refractivity contribution in [3.8, 4) is 0 Å². The summed E-state index contributed by atoms with van der Waals surface area (Å²) < 4.78 is 0. The third kappa shape index (κ3) is 11.8. The Morgan fingerprint density at radius 3 is 2.08 bits per heavy atom. The Hall–Kier alpha value is -0.230. The van der Waals surface area contributed by atoms with Crippen LogP contribution in [-0.2, 0) is 0 Å². The quantitative estimate of drug-likeness (QED) is 0.303. The van der Waals surface area contributed by atoms with E-state index in [2.05, 4.69) is 31.2 Å². The lowest BCUT2D eigenvalue weighted by atomic mass is 10.2. The van der Waals surface area contributed by atoms with Gasteiger partial charge in [0.2, 0.25) is 0 Å². The third-order valence-electron chi connectivity index (χ3n) is 1.86. The van der Waals surface area contributed by atoms with E-state index in [0.29, 0.717) is 0 Å². The van der Waals surface area contributed by atoms with Crippen molar-refractivity contribution in [3.05, 3.63) is 24.3 Å². The molecule has 1 heteroatoms. The summed E-state index contributed by atoms with van der Waals surface area (Å²) in [5.41, 5.74) is 0. The van der Waals surface area contributed by atoms with Crippen molar-refractivity contribution in [2.75, 3.05) is 5.88 Å². The van der Waals surface area contributed by atoms with Crippen LogP contribution in [0.3, 0.4) is 0 Å². The maximum absolute atomic E-state index is 5.56. The number of alkyl halides is 1. The van der Waals surface area contributed by atoms with Crippen molar-refractivity contribution >= 4 is 11.6 Å². The van der Waals surface area contributed by atoms with Crippen LogP contribution in [-0.4, -0.2) is 5.88 Å². The molecular formula is C12H21Cl. The zero-order chi connectivity index (χ0) is 9.78. The Morgan fingerprint density at radius 1 is 0.923 bits per heavy atom. The van der Waals surface area contributed by atoms with Gasteiger partial charge in [0.1, 0.15) is 0 Å². The first-order chi connectivity index (χ1) is 6.41. The van der Waals surface area contributed by atoms with Gasteiger partial charge in [-0.05, 0) is 25.7 Å². The largest absolute Gasteiger partial charge is 0.127 e. The standard InChI is InChI=1S/C12H21Cl/c1-2-3-4-5-6-7-8-9-10-11-12-13/h5-8H,2-4,9-12H2,1H3/b6-5-,8-7+. The van der Waals surface area contributed by atoms with Crippen molar-refractivity contribution in [3.63, 3.8) is 0 Å². The second kappa shape index (κ2) is 11.8. The molecule has 0 aliphatic heterocycles. The van der Waals surface area contributed by atoms with E-state index in [9.17, 15) is 0 Å². The maximum Gasteiger partial charge on any atom is 0.0223 e. The molecule has 0 aromatic heterocycles. The molecule has 0 aliphatic rings. The zero-order valence-electron chi connectivity index (χ0n) is 8.64. The minimum absolute atomic E-state index is 0.792. The first-order valence-electron chi connectivity index (χ1n) is 5.29. The molecule has 0 saturated heterocycles. The van der Waals surface area contributed by atoms with Gasteiger partial charge in [0.05, 0.1) is 0 Å². The number of allylic oxidation sites excluding steroid dienone is 4. The van der Waals surface area contributed by atoms with Crippen LogP contribution in [0.2, 0.25) is 0 Å². The summed E-state index contributed by atoms with van der Waals surface area (Å²) in [7, 11) is 0. The summed E-state index contributed by atoms with van der Waals surface area (Å²) >= 11 is 5.56. The predicted octanol–water partition coefficient (Wildman–Crippen LogP) is 4.70. The number of halogens is 1. The molecule has 0 amide bonds.